The Hall–Kier alpha value is -3.59. The van der Waals surface area contributed by atoms with E-state index in [0.29, 0.717) is 18.3 Å². The molecule has 34 heavy (non-hydrogen) atoms. The lowest BCUT2D eigenvalue weighted by atomic mass is 9.96. The van der Waals surface area contributed by atoms with E-state index in [9.17, 15) is 17.6 Å². The van der Waals surface area contributed by atoms with Gasteiger partial charge in [-0.2, -0.15) is 28.4 Å². The summed E-state index contributed by atoms with van der Waals surface area (Å²) in [4.78, 5) is 7.72. The van der Waals surface area contributed by atoms with Gasteiger partial charge >= 0.3 is 12.2 Å². The molecule has 0 aliphatic rings. The number of halogens is 5. The predicted molar refractivity (Wildman–Crippen MR) is 119 cm³/mol. The highest BCUT2D eigenvalue weighted by molar-refractivity contribution is 8.03. The van der Waals surface area contributed by atoms with E-state index in [0.717, 1.165) is 24.3 Å². The Bertz CT molecular complexity index is 1330. The van der Waals surface area contributed by atoms with Crippen molar-refractivity contribution in [3.63, 3.8) is 0 Å². The summed E-state index contributed by atoms with van der Waals surface area (Å²) in [6.07, 6.45) is -4.95. The third-order valence-electron chi connectivity index (χ3n) is 4.72. The van der Waals surface area contributed by atoms with E-state index < -0.39 is 34.5 Å². The fourth-order valence-electron chi connectivity index (χ4n) is 3.09. The average molecular weight is 495 g/mol. The Morgan fingerprint density at radius 2 is 1.94 bits per heavy atom. The molecule has 3 aromatic rings. The molecule has 0 aliphatic heterocycles. The first-order valence-corrected chi connectivity index (χ1v) is 10.6. The second kappa shape index (κ2) is 9.72. The molecule has 0 bridgehead atoms. The Labute approximate surface area is 195 Å². The van der Waals surface area contributed by atoms with E-state index >= 15 is 4.39 Å². The van der Waals surface area contributed by atoms with Crippen molar-refractivity contribution >= 4 is 28.5 Å². The van der Waals surface area contributed by atoms with Gasteiger partial charge in [0.25, 0.3) is 0 Å². The number of anilines is 1. The minimum atomic E-state index is -4.95. The van der Waals surface area contributed by atoms with Crippen LogP contribution < -0.4 is 15.8 Å². The van der Waals surface area contributed by atoms with Crippen molar-refractivity contribution in [2.75, 3.05) is 19.0 Å². The van der Waals surface area contributed by atoms with Gasteiger partial charge in [-0.25, -0.2) is 8.78 Å². The summed E-state index contributed by atoms with van der Waals surface area (Å²) in [6, 6.07) is 5.28. The summed E-state index contributed by atoms with van der Waals surface area (Å²) in [5, 5.41) is 11.5. The normalized spacial score (nSPS) is 12.3. The predicted octanol–water partition coefficient (Wildman–Crippen LogP) is 5.84. The second-order valence-corrected chi connectivity index (χ2v) is 8.03. The number of rotatable bonds is 6. The van der Waals surface area contributed by atoms with Crippen molar-refractivity contribution in [3.05, 3.63) is 52.1 Å². The van der Waals surface area contributed by atoms with Crippen molar-refractivity contribution in [2.45, 2.75) is 24.9 Å². The molecule has 1 heterocycles. The molecule has 1 aromatic heterocycles. The lowest BCUT2D eigenvalue weighted by Crippen LogP contribution is -2.11. The van der Waals surface area contributed by atoms with Crippen molar-refractivity contribution < 1.29 is 26.7 Å². The number of aromatic nitrogens is 2. The van der Waals surface area contributed by atoms with Crippen molar-refractivity contribution in [2.24, 2.45) is 5.73 Å². The zero-order valence-electron chi connectivity index (χ0n) is 18.1. The van der Waals surface area contributed by atoms with Crippen LogP contribution in [-0.4, -0.2) is 23.6 Å². The highest BCUT2D eigenvalue weighted by atomic mass is 32.2. The maximum atomic E-state index is 15.7. The van der Waals surface area contributed by atoms with Crippen molar-refractivity contribution in [1.29, 1.82) is 5.26 Å². The van der Waals surface area contributed by atoms with Crippen LogP contribution in [0.4, 0.5) is 27.8 Å². The summed E-state index contributed by atoms with van der Waals surface area (Å²) in [5.41, 5.74) is 3.11. The number of fused-ring (bicyclic) bond motifs is 1. The molecule has 0 spiro atoms. The average Bonchev–Trinajstić information content (AvgIpc) is 2.79. The number of alkyl halides is 3. The molecule has 0 saturated carbocycles. The van der Waals surface area contributed by atoms with Crippen LogP contribution in [0.1, 0.15) is 19.4 Å². The zero-order chi connectivity index (χ0) is 25.2. The van der Waals surface area contributed by atoms with Crippen LogP contribution in [-0.2, 0) is 6.18 Å². The summed E-state index contributed by atoms with van der Waals surface area (Å²) in [5.74, 6) is -2.10. The summed E-state index contributed by atoms with van der Waals surface area (Å²) in [6.45, 7) is 3.40. The van der Waals surface area contributed by atoms with Gasteiger partial charge in [-0.15, -0.1) is 0 Å². The summed E-state index contributed by atoms with van der Waals surface area (Å²) >= 11 is 0.650. The maximum absolute atomic E-state index is 15.7. The van der Waals surface area contributed by atoms with Gasteiger partial charge in [-0.05, 0) is 37.6 Å². The van der Waals surface area contributed by atoms with Crippen LogP contribution in [0, 0.1) is 23.0 Å². The smallest absolute Gasteiger partial charge is 0.417 e. The molecule has 0 atom stereocenters. The van der Waals surface area contributed by atoms with Gasteiger partial charge in [0.1, 0.15) is 17.2 Å². The minimum Gasteiger partial charge on any atom is -0.467 e. The Kier molecular flexibility index (Phi) is 7.16. The van der Waals surface area contributed by atoms with Gasteiger partial charge in [0.2, 0.25) is 0 Å². The van der Waals surface area contributed by atoms with Crippen LogP contribution in [0.2, 0.25) is 0 Å². The molecule has 3 N–H and O–H groups in total. The number of ether oxygens (including phenoxy) is 1. The van der Waals surface area contributed by atoms with Crippen LogP contribution in [0.5, 0.6) is 6.01 Å². The molecular weight excluding hydrogens is 477 g/mol. The third-order valence-corrected chi connectivity index (χ3v) is 5.78. The number of nitrogens with one attached hydrogen (secondary N) is 1. The zero-order valence-corrected chi connectivity index (χ0v) is 19.0. The molecule has 0 radical (unpaired) electrons. The topological polar surface area (TPSA) is 96.8 Å². The van der Waals surface area contributed by atoms with E-state index in [1.807, 2.05) is 0 Å². The second-order valence-electron chi connectivity index (χ2n) is 6.94. The number of nitrogens with two attached hydrogens (primary N) is 1. The lowest BCUT2D eigenvalue weighted by Gasteiger charge is -2.18. The number of hydrogen-bond acceptors (Lipinski definition) is 7. The van der Waals surface area contributed by atoms with Crippen molar-refractivity contribution in [1.82, 2.24) is 9.97 Å². The maximum Gasteiger partial charge on any atom is 0.417 e. The number of hydrogen-bond donors (Lipinski definition) is 2. The molecule has 0 fully saturated rings. The van der Waals surface area contributed by atoms with Crippen LogP contribution >= 0.6 is 11.8 Å². The van der Waals surface area contributed by atoms with E-state index in [1.165, 1.54) is 14.0 Å². The van der Waals surface area contributed by atoms with Gasteiger partial charge in [-0.1, -0.05) is 17.8 Å². The number of allylic oxidation sites excluding steroid dienone is 1. The molecule has 0 unspecified atom stereocenters. The number of methoxy groups -OCH3 is 1. The fourth-order valence-corrected chi connectivity index (χ4v) is 3.88. The molecule has 0 saturated heterocycles. The number of nitriles is 1. The molecule has 12 heteroatoms. The fraction of sp³-hybridized carbons (Fsp3) is 0.227. The molecule has 178 valence electrons. The Morgan fingerprint density at radius 1 is 1.24 bits per heavy atom. The molecule has 0 aliphatic carbocycles. The van der Waals surface area contributed by atoms with Crippen LogP contribution in [0.15, 0.2) is 39.8 Å². The van der Waals surface area contributed by atoms with Gasteiger partial charge < -0.3 is 15.8 Å². The van der Waals surface area contributed by atoms with E-state index in [-0.39, 0.29) is 38.3 Å². The first kappa shape index (κ1) is 25.0. The minimum absolute atomic E-state index is 0.0273. The number of benzene rings is 2. The standard InChI is InChI=1S/C22H18F5N5OS/c1-4-30-20-12-8-13(22(25,26)27)16(17(24)18(12)31-21(32-20)33-3)11-5-6-14(23)15(7-11)34-19(29)10(2)9-28/h5-8H,4,29H2,1-3H3,(H,30,31,32)/b19-10+. The van der Waals surface area contributed by atoms with Gasteiger partial charge in [-0.3, -0.25) is 0 Å². The monoisotopic (exact) mass is 495 g/mol. The van der Waals surface area contributed by atoms with Crippen molar-refractivity contribution in [3.8, 4) is 23.2 Å². The number of nitrogens with zero attached hydrogens (tertiary/aromatic N) is 3. The van der Waals surface area contributed by atoms with E-state index in [2.05, 4.69) is 15.3 Å². The number of thioether (sulfide) groups is 1. The summed E-state index contributed by atoms with van der Waals surface area (Å²) < 4.78 is 77.2. The van der Waals surface area contributed by atoms with Gasteiger partial charge in [0.15, 0.2) is 5.82 Å². The SMILES string of the molecule is CCNc1nc(OC)nc2c(F)c(-c3ccc(F)c(S/C(N)=C(\C)C#N)c3)c(C(F)(F)F)cc12. The Morgan fingerprint density at radius 3 is 2.53 bits per heavy atom. The van der Waals surface area contributed by atoms with Gasteiger partial charge in [0, 0.05) is 17.5 Å². The largest absolute Gasteiger partial charge is 0.467 e. The van der Waals surface area contributed by atoms with Crippen LogP contribution in [0.3, 0.4) is 0 Å². The summed E-state index contributed by atoms with van der Waals surface area (Å²) in [7, 11) is 1.24. The third kappa shape index (κ3) is 4.84. The highest BCUT2D eigenvalue weighted by Gasteiger charge is 2.37. The first-order chi connectivity index (χ1) is 16.0. The Balaban J connectivity index is 2.36. The van der Waals surface area contributed by atoms with E-state index in [4.69, 9.17) is 15.7 Å². The molecule has 2 aromatic carbocycles. The molecule has 0 amide bonds. The molecule has 6 nitrogen and oxygen atoms in total. The van der Waals surface area contributed by atoms with Crippen LogP contribution in [0.25, 0.3) is 22.0 Å². The first-order valence-electron chi connectivity index (χ1n) is 9.75. The lowest BCUT2D eigenvalue weighted by molar-refractivity contribution is -0.137. The van der Waals surface area contributed by atoms with Gasteiger partial charge in [0.05, 0.1) is 34.2 Å². The quantitative estimate of drug-likeness (QED) is 0.252. The highest BCUT2D eigenvalue weighted by Crippen LogP contribution is 2.44. The van der Waals surface area contributed by atoms with E-state index in [1.54, 1.807) is 13.0 Å². The molecular formula is C22H18F5N5OS. The molecule has 3 rings (SSSR count).